The van der Waals surface area contributed by atoms with Crippen molar-refractivity contribution in [3.05, 3.63) is 12.7 Å². The first-order valence-corrected chi connectivity index (χ1v) is 9.57. The smallest absolute Gasteiger partial charge is 0.167 e. The minimum atomic E-state index is -1.01. The first-order valence-electron chi connectivity index (χ1n) is 9.57. The predicted octanol–water partition coefficient (Wildman–Crippen LogP) is 0.982. The molecule has 3 aliphatic heterocycles. The number of imidazole rings is 1. The Balaban J connectivity index is 1.45. The largest absolute Gasteiger partial charge is 0.376 e. The topological polar surface area (TPSA) is 110 Å². The van der Waals surface area contributed by atoms with Crippen molar-refractivity contribution in [2.75, 3.05) is 18.5 Å². The summed E-state index contributed by atoms with van der Waals surface area (Å²) in [6.07, 6.45) is 0.657. The molecule has 156 valence electrons. The second-order valence-corrected chi connectivity index (χ2v) is 7.95. The number of fused-ring (bicyclic) bond motifs is 2. The van der Waals surface area contributed by atoms with Crippen molar-refractivity contribution < 1.29 is 28.1 Å². The lowest BCUT2D eigenvalue weighted by molar-refractivity contribution is -0.194. The summed E-state index contributed by atoms with van der Waals surface area (Å²) in [7, 11) is 0. The summed E-state index contributed by atoms with van der Waals surface area (Å²) in [5.74, 6) is -0.331. The standard InChI is InChI=1S/C18H22FN5O5/c1-18(2)28-13-11(4-25)27-17(14(13)29-18)24-8-22-12-15(20-7-21-16(12)24)23-10-3-9(19)5-26-6-10/h4,7-11,13-14,17H,3,5-6H2,1-2H3,(H,20,21,23)/t9?,10?,11-,13-,14+,17+/m0/s1. The van der Waals surface area contributed by atoms with E-state index < -0.39 is 36.5 Å². The number of halogens is 1. The number of carbonyl (C=O) groups is 1. The molecule has 3 fully saturated rings. The zero-order valence-corrected chi connectivity index (χ0v) is 16.0. The molecule has 0 radical (unpaired) electrons. The molecule has 5 rings (SSSR count). The van der Waals surface area contributed by atoms with E-state index in [4.69, 9.17) is 18.9 Å². The van der Waals surface area contributed by atoms with E-state index in [-0.39, 0.29) is 12.6 Å². The van der Waals surface area contributed by atoms with E-state index in [1.54, 1.807) is 24.7 Å². The fourth-order valence-electron chi connectivity index (χ4n) is 4.16. The number of aromatic nitrogens is 4. The van der Waals surface area contributed by atoms with Crippen LogP contribution >= 0.6 is 0 Å². The van der Waals surface area contributed by atoms with E-state index in [1.807, 2.05) is 0 Å². The van der Waals surface area contributed by atoms with Crippen LogP contribution in [0.3, 0.4) is 0 Å². The third-order valence-corrected chi connectivity index (χ3v) is 5.33. The molecule has 2 aromatic rings. The predicted molar refractivity (Wildman–Crippen MR) is 96.9 cm³/mol. The molecule has 0 bridgehead atoms. The maximum atomic E-state index is 13.6. The van der Waals surface area contributed by atoms with Crippen LogP contribution in [0.15, 0.2) is 12.7 Å². The van der Waals surface area contributed by atoms with E-state index in [1.165, 1.54) is 6.33 Å². The Morgan fingerprint density at radius 1 is 1.24 bits per heavy atom. The first-order chi connectivity index (χ1) is 13.9. The van der Waals surface area contributed by atoms with Gasteiger partial charge >= 0.3 is 0 Å². The molecule has 0 aromatic carbocycles. The third kappa shape index (κ3) is 3.27. The van der Waals surface area contributed by atoms with Crippen LogP contribution in [0.2, 0.25) is 0 Å². The number of hydrogen-bond donors (Lipinski definition) is 1. The van der Waals surface area contributed by atoms with Gasteiger partial charge in [-0.2, -0.15) is 0 Å². The van der Waals surface area contributed by atoms with Crippen LogP contribution in [-0.2, 0) is 23.7 Å². The van der Waals surface area contributed by atoms with Crippen molar-refractivity contribution >= 4 is 23.3 Å². The number of aldehydes is 1. The molecular weight excluding hydrogens is 385 g/mol. The Hall–Kier alpha value is -2.21. The van der Waals surface area contributed by atoms with Gasteiger partial charge in [0.25, 0.3) is 0 Å². The van der Waals surface area contributed by atoms with Crippen molar-refractivity contribution in [2.45, 2.75) is 62.8 Å². The normalized spacial score (nSPS) is 36.2. The average Bonchev–Trinajstić information content (AvgIpc) is 3.33. The molecule has 0 aliphatic carbocycles. The molecule has 3 saturated heterocycles. The number of rotatable bonds is 4. The van der Waals surface area contributed by atoms with Gasteiger partial charge in [0.15, 0.2) is 35.3 Å². The molecule has 0 amide bonds. The average molecular weight is 407 g/mol. The number of alkyl halides is 1. The fourth-order valence-corrected chi connectivity index (χ4v) is 4.16. The lowest BCUT2D eigenvalue weighted by Crippen LogP contribution is -2.36. The number of nitrogens with zero attached hydrogens (tertiary/aromatic N) is 4. The summed E-state index contributed by atoms with van der Waals surface area (Å²) in [6.45, 7) is 4.10. The van der Waals surface area contributed by atoms with Gasteiger partial charge in [-0.15, -0.1) is 0 Å². The van der Waals surface area contributed by atoms with Gasteiger partial charge in [0.1, 0.15) is 30.8 Å². The second kappa shape index (κ2) is 6.94. The maximum absolute atomic E-state index is 13.6. The van der Waals surface area contributed by atoms with Crippen LogP contribution in [-0.4, -0.2) is 75.3 Å². The number of anilines is 1. The van der Waals surface area contributed by atoms with Crippen LogP contribution in [0, 0.1) is 0 Å². The minimum Gasteiger partial charge on any atom is -0.376 e. The monoisotopic (exact) mass is 407 g/mol. The van der Waals surface area contributed by atoms with Crippen LogP contribution in [0.25, 0.3) is 11.2 Å². The van der Waals surface area contributed by atoms with Gasteiger partial charge in [-0.25, -0.2) is 19.3 Å². The Morgan fingerprint density at radius 3 is 2.86 bits per heavy atom. The second-order valence-electron chi connectivity index (χ2n) is 7.95. The number of carbonyl (C=O) groups excluding carboxylic acids is 1. The molecule has 11 heteroatoms. The summed E-state index contributed by atoms with van der Waals surface area (Å²) in [5, 5.41) is 3.19. The number of ether oxygens (including phenoxy) is 4. The molecule has 3 aliphatic rings. The summed E-state index contributed by atoms with van der Waals surface area (Å²) in [6, 6.07) is -0.207. The molecule has 6 atom stereocenters. The quantitative estimate of drug-likeness (QED) is 0.742. The maximum Gasteiger partial charge on any atom is 0.167 e. The first kappa shape index (κ1) is 18.8. The van der Waals surface area contributed by atoms with Crippen LogP contribution in [0.4, 0.5) is 10.2 Å². The number of nitrogens with one attached hydrogen (secondary N) is 1. The summed E-state index contributed by atoms with van der Waals surface area (Å²) >= 11 is 0. The van der Waals surface area contributed by atoms with Crippen molar-refractivity contribution in [1.29, 1.82) is 0 Å². The van der Waals surface area contributed by atoms with E-state index in [2.05, 4.69) is 20.3 Å². The lowest BCUT2D eigenvalue weighted by Gasteiger charge is -2.26. The Bertz CT molecular complexity index is 923. The SMILES string of the molecule is CC1(C)O[C@@H]2[C@@H](O1)[C@H](n1cnc3c(NC4COCC(F)C4)ncnc31)O[C@H]2C=O. The van der Waals surface area contributed by atoms with Crippen molar-refractivity contribution in [1.82, 2.24) is 19.5 Å². The zero-order valence-electron chi connectivity index (χ0n) is 16.0. The molecule has 0 spiro atoms. The molecule has 2 aromatic heterocycles. The molecule has 0 saturated carbocycles. The van der Waals surface area contributed by atoms with Gasteiger partial charge in [-0.05, 0) is 13.8 Å². The van der Waals surface area contributed by atoms with Gasteiger partial charge in [-0.1, -0.05) is 0 Å². The summed E-state index contributed by atoms with van der Waals surface area (Å²) in [5.41, 5.74) is 1.03. The zero-order chi connectivity index (χ0) is 20.2. The van der Waals surface area contributed by atoms with Crippen molar-refractivity contribution in [3.8, 4) is 0 Å². The Kier molecular flexibility index (Phi) is 4.50. The van der Waals surface area contributed by atoms with E-state index >= 15 is 0 Å². The Labute approximate surface area is 165 Å². The highest BCUT2D eigenvalue weighted by Crippen LogP contribution is 2.43. The highest BCUT2D eigenvalue weighted by molar-refractivity contribution is 5.82. The summed E-state index contributed by atoms with van der Waals surface area (Å²) in [4.78, 5) is 24.5. The van der Waals surface area contributed by atoms with E-state index in [0.29, 0.717) is 30.0 Å². The fraction of sp³-hybridized carbons (Fsp3) is 0.667. The molecule has 2 unspecified atom stereocenters. The minimum absolute atomic E-state index is 0.115. The third-order valence-electron chi connectivity index (χ3n) is 5.33. The molecule has 10 nitrogen and oxygen atoms in total. The van der Waals surface area contributed by atoms with Gasteiger partial charge in [-0.3, -0.25) is 4.57 Å². The summed E-state index contributed by atoms with van der Waals surface area (Å²) < 4.78 is 38.3. The highest BCUT2D eigenvalue weighted by atomic mass is 19.1. The van der Waals surface area contributed by atoms with Gasteiger partial charge in [0.05, 0.1) is 25.6 Å². The molecular formula is C18H22FN5O5. The highest BCUT2D eigenvalue weighted by Gasteiger charge is 2.56. The van der Waals surface area contributed by atoms with Gasteiger partial charge in [0, 0.05) is 6.42 Å². The van der Waals surface area contributed by atoms with Gasteiger partial charge in [0.2, 0.25) is 0 Å². The molecule has 29 heavy (non-hydrogen) atoms. The molecule has 1 N–H and O–H groups in total. The van der Waals surface area contributed by atoms with Gasteiger partial charge < -0.3 is 29.1 Å². The van der Waals surface area contributed by atoms with E-state index in [9.17, 15) is 9.18 Å². The van der Waals surface area contributed by atoms with Crippen LogP contribution in [0.5, 0.6) is 0 Å². The number of hydrogen-bond acceptors (Lipinski definition) is 9. The van der Waals surface area contributed by atoms with Crippen LogP contribution in [0.1, 0.15) is 26.5 Å². The lowest BCUT2D eigenvalue weighted by atomic mass is 10.1. The Morgan fingerprint density at radius 2 is 2.07 bits per heavy atom. The van der Waals surface area contributed by atoms with Crippen LogP contribution < -0.4 is 5.32 Å². The van der Waals surface area contributed by atoms with Crippen molar-refractivity contribution in [2.24, 2.45) is 0 Å². The molecule has 5 heterocycles. The van der Waals surface area contributed by atoms with Crippen molar-refractivity contribution in [3.63, 3.8) is 0 Å². The van der Waals surface area contributed by atoms with E-state index in [0.717, 1.165) is 6.29 Å².